The SMILES string of the molecule is CO[C@@H]1C[C@@H](Cn2ccc(N)n2)N(C(=O)c2ocnc2C2CC2)C1. The van der Waals surface area contributed by atoms with Crippen LogP contribution in [0.15, 0.2) is 23.1 Å². The third kappa shape index (κ3) is 2.77. The topological polar surface area (TPSA) is 99.4 Å². The minimum atomic E-state index is -0.112. The number of nitrogens with two attached hydrogens (primary N) is 1. The van der Waals surface area contributed by atoms with Gasteiger partial charge in [0.05, 0.1) is 24.4 Å². The van der Waals surface area contributed by atoms with Crippen molar-refractivity contribution in [2.75, 3.05) is 19.4 Å². The van der Waals surface area contributed by atoms with Crippen LogP contribution in [-0.4, -0.2) is 51.4 Å². The molecule has 2 N–H and O–H groups in total. The van der Waals surface area contributed by atoms with Crippen molar-refractivity contribution in [2.24, 2.45) is 0 Å². The fourth-order valence-electron chi connectivity index (χ4n) is 3.35. The van der Waals surface area contributed by atoms with Gasteiger partial charge in [-0.2, -0.15) is 5.10 Å². The maximum Gasteiger partial charge on any atom is 0.291 e. The van der Waals surface area contributed by atoms with E-state index in [0.717, 1.165) is 25.0 Å². The monoisotopic (exact) mass is 331 g/mol. The molecule has 8 nitrogen and oxygen atoms in total. The van der Waals surface area contributed by atoms with Crippen LogP contribution in [0.5, 0.6) is 0 Å². The normalized spacial score (nSPS) is 23.8. The second-order valence-electron chi connectivity index (χ2n) is 6.51. The van der Waals surface area contributed by atoms with Crippen molar-refractivity contribution >= 4 is 11.7 Å². The van der Waals surface area contributed by atoms with Gasteiger partial charge in [-0.3, -0.25) is 9.48 Å². The molecule has 0 bridgehead atoms. The Bertz CT molecular complexity index is 736. The van der Waals surface area contributed by atoms with E-state index >= 15 is 0 Å². The Hall–Kier alpha value is -2.35. The lowest BCUT2D eigenvalue weighted by atomic mass is 10.2. The van der Waals surface area contributed by atoms with Gasteiger partial charge in [-0.05, 0) is 25.3 Å². The highest BCUT2D eigenvalue weighted by Crippen LogP contribution is 2.41. The molecule has 0 aromatic carbocycles. The zero-order chi connectivity index (χ0) is 16.7. The van der Waals surface area contributed by atoms with Crippen LogP contribution in [0, 0.1) is 0 Å². The summed E-state index contributed by atoms with van der Waals surface area (Å²) >= 11 is 0. The van der Waals surface area contributed by atoms with E-state index in [1.807, 2.05) is 11.1 Å². The number of oxazole rings is 1. The minimum absolute atomic E-state index is 0.0131. The van der Waals surface area contributed by atoms with Crippen molar-refractivity contribution in [3.63, 3.8) is 0 Å². The van der Waals surface area contributed by atoms with Crippen molar-refractivity contribution in [1.29, 1.82) is 0 Å². The first kappa shape index (κ1) is 15.2. The molecule has 4 rings (SSSR count). The number of carbonyl (C=O) groups is 1. The first-order valence-corrected chi connectivity index (χ1v) is 8.21. The Morgan fingerprint density at radius 2 is 2.33 bits per heavy atom. The van der Waals surface area contributed by atoms with E-state index in [9.17, 15) is 4.79 Å². The van der Waals surface area contributed by atoms with Gasteiger partial charge in [0.15, 0.2) is 6.39 Å². The second kappa shape index (κ2) is 5.94. The number of amides is 1. The number of carbonyl (C=O) groups excluding carboxylic acids is 1. The minimum Gasteiger partial charge on any atom is -0.438 e. The third-order valence-electron chi connectivity index (χ3n) is 4.78. The molecule has 2 fully saturated rings. The summed E-state index contributed by atoms with van der Waals surface area (Å²) in [4.78, 5) is 19.1. The maximum absolute atomic E-state index is 13.0. The third-order valence-corrected chi connectivity index (χ3v) is 4.78. The number of nitrogen functional groups attached to an aromatic ring is 1. The fourth-order valence-corrected chi connectivity index (χ4v) is 3.35. The van der Waals surface area contributed by atoms with Crippen molar-refractivity contribution in [1.82, 2.24) is 19.7 Å². The highest BCUT2D eigenvalue weighted by atomic mass is 16.5. The van der Waals surface area contributed by atoms with E-state index < -0.39 is 0 Å². The summed E-state index contributed by atoms with van der Waals surface area (Å²) in [6, 6.07) is 1.73. The summed E-state index contributed by atoms with van der Waals surface area (Å²) in [5, 5.41) is 4.22. The van der Waals surface area contributed by atoms with Crippen molar-refractivity contribution in [2.45, 2.75) is 43.9 Å². The van der Waals surface area contributed by atoms with E-state index in [4.69, 9.17) is 14.9 Å². The van der Waals surface area contributed by atoms with E-state index in [1.165, 1.54) is 6.39 Å². The number of anilines is 1. The Labute approximate surface area is 139 Å². The molecular formula is C16H21N5O3. The molecule has 0 radical (unpaired) electrons. The van der Waals surface area contributed by atoms with Gasteiger partial charge >= 0.3 is 0 Å². The van der Waals surface area contributed by atoms with Gasteiger partial charge in [-0.15, -0.1) is 0 Å². The van der Waals surface area contributed by atoms with Crippen molar-refractivity contribution < 1.29 is 13.9 Å². The standard InChI is InChI=1S/C16H21N5O3/c1-23-12-6-11(7-20-5-4-13(17)19-20)21(8-12)16(22)15-14(10-2-3-10)18-9-24-15/h4-5,9-12H,2-3,6-8H2,1H3,(H2,17,19)/t11-,12+/m0/s1. The molecule has 2 aromatic rings. The van der Waals surface area contributed by atoms with Crippen LogP contribution in [0.4, 0.5) is 5.82 Å². The zero-order valence-electron chi connectivity index (χ0n) is 13.6. The summed E-state index contributed by atoms with van der Waals surface area (Å²) in [6.07, 6.45) is 6.11. The van der Waals surface area contributed by atoms with Gasteiger partial charge < -0.3 is 19.8 Å². The molecule has 0 unspecified atom stereocenters. The Morgan fingerprint density at radius 1 is 1.50 bits per heavy atom. The molecule has 3 heterocycles. The number of hydrogen-bond acceptors (Lipinski definition) is 6. The summed E-state index contributed by atoms with van der Waals surface area (Å²) in [7, 11) is 1.67. The Kier molecular flexibility index (Phi) is 3.76. The van der Waals surface area contributed by atoms with Crippen LogP contribution in [0.3, 0.4) is 0 Å². The smallest absolute Gasteiger partial charge is 0.291 e. The maximum atomic E-state index is 13.0. The van der Waals surface area contributed by atoms with Crippen molar-refractivity contribution in [3.05, 3.63) is 30.1 Å². The average Bonchev–Trinajstić information content (AvgIpc) is 2.99. The quantitative estimate of drug-likeness (QED) is 0.885. The molecule has 1 saturated heterocycles. The molecule has 2 aliphatic rings. The second-order valence-corrected chi connectivity index (χ2v) is 6.51. The van der Waals surface area contributed by atoms with Crippen LogP contribution in [0.1, 0.15) is 41.4 Å². The molecule has 24 heavy (non-hydrogen) atoms. The number of nitrogens with zero attached hydrogens (tertiary/aromatic N) is 4. The van der Waals surface area contributed by atoms with Crippen LogP contribution in [0.2, 0.25) is 0 Å². The number of aromatic nitrogens is 3. The largest absolute Gasteiger partial charge is 0.438 e. The first-order chi connectivity index (χ1) is 11.7. The van der Waals surface area contributed by atoms with E-state index in [0.29, 0.717) is 30.6 Å². The van der Waals surface area contributed by atoms with Gasteiger partial charge in [-0.1, -0.05) is 0 Å². The lowest BCUT2D eigenvalue weighted by molar-refractivity contribution is 0.0647. The van der Waals surface area contributed by atoms with Gasteiger partial charge in [0.1, 0.15) is 5.82 Å². The lowest BCUT2D eigenvalue weighted by Gasteiger charge is -2.23. The lowest BCUT2D eigenvalue weighted by Crippen LogP contribution is -2.38. The molecule has 2 aromatic heterocycles. The van der Waals surface area contributed by atoms with Gasteiger partial charge in [0.25, 0.3) is 5.91 Å². The van der Waals surface area contributed by atoms with E-state index in [-0.39, 0.29) is 18.1 Å². The van der Waals surface area contributed by atoms with Crippen LogP contribution in [0.25, 0.3) is 0 Å². The summed E-state index contributed by atoms with van der Waals surface area (Å²) in [5.41, 5.74) is 6.47. The summed E-state index contributed by atoms with van der Waals surface area (Å²) in [5.74, 6) is 1.10. The van der Waals surface area contributed by atoms with Gasteiger partial charge in [0.2, 0.25) is 5.76 Å². The molecule has 1 aliphatic carbocycles. The van der Waals surface area contributed by atoms with Crippen LogP contribution in [-0.2, 0) is 11.3 Å². The highest BCUT2D eigenvalue weighted by molar-refractivity contribution is 5.93. The van der Waals surface area contributed by atoms with Crippen LogP contribution >= 0.6 is 0 Å². The summed E-state index contributed by atoms with van der Waals surface area (Å²) in [6.45, 7) is 1.12. The number of likely N-dealkylation sites (tertiary alicyclic amines) is 1. The summed E-state index contributed by atoms with van der Waals surface area (Å²) < 4.78 is 12.7. The van der Waals surface area contributed by atoms with E-state index in [2.05, 4.69) is 10.1 Å². The molecule has 2 atom stereocenters. The molecule has 8 heteroatoms. The number of hydrogen-bond donors (Lipinski definition) is 1. The predicted octanol–water partition coefficient (Wildman–Crippen LogP) is 1.26. The first-order valence-electron chi connectivity index (χ1n) is 8.21. The molecule has 1 saturated carbocycles. The predicted molar refractivity (Wildman–Crippen MR) is 85.4 cm³/mol. The molecule has 128 valence electrons. The molecule has 0 spiro atoms. The fraction of sp³-hybridized carbons (Fsp3) is 0.562. The molecular weight excluding hydrogens is 310 g/mol. The molecule has 1 amide bonds. The van der Waals surface area contributed by atoms with Crippen molar-refractivity contribution in [3.8, 4) is 0 Å². The number of methoxy groups -OCH3 is 1. The molecule has 1 aliphatic heterocycles. The van der Waals surface area contributed by atoms with Gasteiger partial charge in [-0.25, -0.2) is 4.98 Å². The Morgan fingerprint density at radius 3 is 3.00 bits per heavy atom. The average molecular weight is 331 g/mol. The van der Waals surface area contributed by atoms with Gasteiger partial charge in [0, 0.05) is 25.8 Å². The zero-order valence-corrected chi connectivity index (χ0v) is 13.6. The van der Waals surface area contributed by atoms with Crippen LogP contribution < -0.4 is 5.73 Å². The Balaban J connectivity index is 1.56. The van der Waals surface area contributed by atoms with E-state index in [1.54, 1.807) is 17.9 Å². The number of ether oxygens (including phenoxy) is 1. The highest BCUT2D eigenvalue weighted by Gasteiger charge is 2.40. The number of rotatable bonds is 5.